The minimum atomic E-state index is 0.686. The number of benzene rings is 3. The van der Waals surface area contributed by atoms with E-state index in [-0.39, 0.29) is 0 Å². The number of nitrogens with two attached hydrogens (primary N) is 2. The summed E-state index contributed by atoms with van der Waals surface area (Å²) in [5.41, 5.74) is 14.4. The van der Waals surface area contributed by atoms with Gasteiger partial charge in [0.1, 0.15) is 34.0 Å². The zero-order valence-electron chi connectivity index (χ0n) is 15.9. The van der Waals surface area contributed by atoms with Crippen LogP contribution in [0.1, 0.15) is 0 Å². The minimum absolute atomic E-state index is 0.686. The maximum atomic E-state index is 6.07. The van der Waals surface area contributed by atoms with Crippen LogP contribution >= 0.6 is 0 Å². The predicted octanol–water partition coefficient (Wildman–Crippen LogP) is 5.53. The van der Waals surface area contributed by atoms with Crippen molar-refractivity contribution >= 4 is 33.2 Å². The molecular weight excluding hydrogens is 376 g/mol. The Morgan fingerprint density at radius 1 is 0.500 bits per heavy atom. The van der Waals surface area contributed by atoms with E-state index in [1.807, 2.05) is 48.5 Å². The summed E-state index contributed by atoms with van der Waals surface area (Å²) < 4.78 is 12.1. The highest BCUT2D eigenvalue weighted by atomic mass is 16.5. The number of rotatable bonds is 4. The summed E-state index contributed by atoms with van der Waals surface area (Å²) >= 11 is 0. The average Bonchev–Trinajstić information content (AvgIpc) is 2.77. The summed E-state index contributed by atoms with van der Waals surface area (Å²) in [6.45, 7) is 0. The Bertz CT molecular complexity index is 1240. The quantitative estimate of drug-likeness (QED) is 0.307. The van der Waals surface area contributed by atoms with Crippen LogP contribution in [0.4, 0.5) is 11.4 Å². The van der Waals surface area contributed by atoms with Gasteiger partial charge in [-0.3, -0.25) is 9.97 Å². The predicted molar refractivity (Wildman–Crippen MR) is 119 cm³/mol. The third-order valence-electron chi connectivity index (χ3n) is 4.76. The van der Waals surface area contributed by atoms with Gasteiger partial charge in [0, 0.05) is 34.5 Å². The molecule has 0 bridgehead atoms. The Morgan fingerprint density at radius 2 is 0.900 bits per heavy atom. The average molecular weight is 394 g/mol. The van der Waals surface area contributed by atoms with Crippen LogP contribution in [-0.4, -0.2) is 9.97 Å². The van der Waals surface area contributed by atoms with E-state index in [1.54, 1.807) is 36.7 Å². The van der Waals surface area contributed by atoms with Crippen LogP contribution in [0.2, 0.25) is 0 Å². The number of aromatic nitrogens is 2. The molecule has 0 aliphatic heterocycles. The van der Waals surface area contributed by atoms with Crippen LogP contribution in [0, 0.1) is 0 Å². The molecule has 0 aliphatic rings. The summed E-state index contributed by atoms with van der Waals surface area (Å²) in [5, 5.41) is 1.72. The summed E-state index contributed by atoms with van der Waals surface area (Å²) in [6.07, 6.45) is 3.42. The van der Waals surface area contributed by atoms with Crippen molar-refractivity contribution in [1.29, 1.82) is 0 Å². The SMILES string of the molecule is Nc1ccc(Oc2ccnc3c2ccc2c(Oc4ccc(N)cc4)ccnc23)cc1. The van der Waals surface area contributed by atoms with E-state index in [0.717, 1.165) is 21.8 Å². The molecule has 146 valence electrons. The smallest absolute Gasteiger partial charge is 0.138 e. The van der Waals surface area contributed by atoms with Crippen molar-refractivity contribution in [1.82, 2.24) is 9.97 Å². The molecule has 4 N–H and O–H groups in total. The Morgan fingerprint density at radius 3 is 1.30 bits per heavy atom. The fourth-order valence-electron chi connectivity index (χ4n) is 3.28. The first-order valence-corrected chi connectivity index (χ1v) is 9.40. The van der Waals surface area contributed by atoms with Crippen LogP contribution in [0.15, 0.2) is 85.2 Å². The van der Waals surface area contributed by atoms with Gasteiger partial charge >= 0.3 is 0 Å². The van der Waals surface area contributed by atoms with Gasteiger partial charge in [-0.15, -0.1) is 0 Å². The third-order valence-corrected chi connectivity index (χ3v) is 4.76. The fourth-order valence-corrected chi connectivity index (χ4v) is 3.28. The molecule has 0 aliphatic carbocycles. The van der Waals surface area contributed by atoms with Gasteiger partial charge in [0.15, 0.2) is 0 Å². The molecule has 30 heavy (non-hydrogen) atoms. The molecule has 6 heteroatoms. The number of fused-ring (bicyclic) bond motifs is 3. The summed E-state index contributed by atoms with van der Waals surface area (Å²) in [7, 11) is 0. The summed E-state index contributed by atoms with van der Waals surface area (Å²) in [6, 6.07) is 22.1. The normalized spacial score (nSPS) is 10.9. The number of hydrogen-bond acceptors (Lipinski definition) is 6. The molecule has 6 nitrogen and oxygen atoms in total. The van der Waals surface area contributed by atoms with Gasteiger partial charge in [-0.1, -0.05) is 0 Å². The molecular formula is C24H18N4O2. The van der Waals surface area contributed by atoms with Gasteiger partial charge in [-0.25, -0.2) is 0 Å². The summed E-state index contributed by atoms with van der Waals surface area (Å²) in [5.74, 6) is 2.78. The first kappa shape index (κ1) is 17.8. The van der Waals surface area contributed by atoms with E-state index in [4.69, 9.17) is 20.9 Å². The zero-order valence-corrected chi connectivity index (χ0v) is 15.9. The zero-order chi connectivity index (χ0) is 20.5. The van der Waals surface area contributed by atoms with Crippen molar-refractivity contribution < 1.29 is 9.47 Å². The maximum absolute atomic E-state index is 6.07. The van der Waals surface area contributed by atoms with Crippen molar-refractivity contribution in [3.8, 4) is 23.0 Å². The molecule has 0 radical (unpaired) electrons. The molecule has 0 spiro atoms. The molecule has 3 aromatic carbocycles. The first-order chi connectivity index (χ1) is 14.7. The van der Waals surface area contributed by atoms with Crippen LogP contribution in [0.3, 0.4) is 0 Å². The van der Waals surface area contributed by atoms with E-state index < -0.39 is 0 Å². The number of hydrogen-bond donors (Lipinski definition) is 2. The van der Waals surface area contributed by atoms with E-state index in [9.17, 15) is 0 Å². The second-order valence-electron chi connectivity index (χ2n) is 6.82. The number of pyridine rings is 2. The molecule has 0 unspecified atom stereocenters. The van der Waals surface area contributed by atoms with Crippen LogP contribution < -0.4 is 20.9 Å². The largest absolute Gasteiger partial charge is 0.457 e. The van der Waals surface area contributed by atoms with Crippen LogP contribution in [-0.2, 0) is 0 Å². The Kier molecular flexibility index (Phi) is 4.29. The molecule has 2 heterocycles. The van der Waals surface area contributed by atoms with Crippen LogP contribution in [0.5, 0.6) is 23.0 Å². The second-order valence-corrected chi connectivity index (χ2v) is 6.82. The highest BCUT2D eigenvalue weighted by Gasteiger charge is 2.12. The maximum Gasteiger partial charge on any atom is 0.138 e. The number of ether oxygens (including phenoxy) is 2. The lowest BCUT2D eigenvalue weighted by Crippen LogP contribution is -1.92. The molecule has 5 rings (SSSR count). The number of nitrogen functional groups attached to an aromatic ring is 2. The van der Waals surface area contributed by atoms with Gasteiger partial charge in [-0.05, 0) is 72.8 Å². The highest BCUT2D eigenvalue weighted by molar-refractivity contribution is 6.06. The lowest BCUT2D eigenvalue weighted by atomic mass is 10.1. The van der Waals surface area contributed by atoms with Crippen molar-refractivity contribution in [3.05, 3.63) is 85.2 Å². The lowest BCUT2D eigenvalue weighted by molar-refractivity contribution is 0.487. The number of anilines is 2. The van der Waals surface area contributed by atoms with Gasteiger partial charge in [0.25, 0.3) is 0 Å². The molecule has 0 atom stereocenters. The monoisotopic (exact) mass is 394 g/mol. The van der Waals surface area contributed by atoms with Gasteiger partial charge < -0.3 is 20.9 Å². The Labute approximate surface area is 172 Å². The molecule has 0 fully saturated rings. The van der Waals surface area contributed by atoms with Crippen molar-refractivity contribution in [3.63, 3.8) is 0 Å². The van der Waals surface area contributed by atoms with Crippen LogP contribution in [0.25, 0.3) is 21.8 Å². The van der Waals surface area contributed by atoms with Gasteiger partial charge in [-0.2, -0.15) is 0 Å². The fraction of sp³-hybridized carbons (Fsp3) is 0. The van der Waals surface area contributed by atoms with Crippen molar-refractivity contribution in [2.75, 3.05) is 11.5 Å². The Hall–Kier alpha value is -4.32. The number of nitrogens with zero attached hydrogens (tertiary/aromatic N) is 2. The molecule has 5 aromatic rings. The molecule has 0 amide bonds. The standard InChI is InChI=1S/C24H18N4O2/c25-15-1-5-17(6-2-15)29-21-11-13-27-23-19(21)9-10-20-22(12-14-28-24(20)23)30-18-7-3-16(26)4-8-18/h1-14H,25-26H2. The van der Waals surface area contributed by atoms with E-state index in [1.165, 1.54) is 0 Å². The van der Waals surface area contributed by atoms with Crippen molar-refractivity contribution in [2.24, 2.45) is 0 Å². The molecule has 0 saturated heterocycles. The van der Waals surface area contributed by atoms with Gasteiger partial charge in [0.2, 0.25) is 0 Å². The molecule has 0 saturated carbocycles. The first-order valence-electron chi connectivity index (χ1n) is 9.40. The van der Waals surface area contributed by atoms with E-state index >= 15 is 0 Å². The minimum Gasteiger partial charge on any atom is -0.457 e. The third kappa shape index (κ3) is 3.31. The Balaban J connectivity index is 1.58. The lowest BCUT2D eigenvalue weighted by Gasteiger charge is -2.12. The van der Waals surface area contributed by atoms with E-state index in [0.29, 0.717) is 34.4 Å². The van der Waals surface area contributed by atoms with E-state index in [2.05, 4.69) is 9.97 Å². The van der Waals surface area contributed by atoms with Gasteiger partial charge in [0.05, 0.1) is 0 Å². The molecule has 2 aromatic heterocycles. The highest BCUT2D eigenvalue weighted by Crippen LogP contribution is 2.36. The topological polar surface area (TPSA) is 96.3 Å². The van der Waals surface area contributed by atoms with Crippen molar-refractivity contribution in [2.45, 2.75) is 0 Å². The second kappa shape index (κ2) is 7.25. The summed E-state index contributed by atoms with van der Waals surface area (Å²) in [4.78, 5) is 9.10.